The molecule has 0 bridgehead atoms. The van der Waals surface area contributed by atoms with E-state index in [-0.39, 0.29) is 16.6 Å². The molecular formula is C39H60O2. The maximum atomic E-state index is 15.1. The number of benzene rings is 2. The minimum Gasteiger partial charge on any atom is -0.382 e. The fourth-order valence-electron chi connectivity index (χ4n) is 7.44. The van der Waals surface area contributed by atoms with E-state index < -0.39 is 0 Å². The van der Waals surface area contributed by atoms with Crippen LogP contribution in [0.5, 0.6) is 0 Å². The largest absolute Gasteiger partial charge is 0.382 e. The van der Waals surface area contributed by atoms with Crippen LogP contribution in [-0.4, -0.2) is 19.0 Å². The average Bonchev–Trinajstić information content (AvgIpc) is 3.36. The summed E-state index contributed by atoms with van der Waals surface area (Å²) in [5.41, 5.74) is 13.5. The molecule has 41 heavy (non-hydrogen) atoms. The molecule has 0 radical (unpaired) electrons. The summed E-state index contributed by atoms with van der Waals surface area (Å²) in [7, 11) is 0. The summed E-state index contributed by atoms with van der Waals surface area (Å²) in [6.07, 6.45) is 4.50. The average molecular weight is 561 g/mol. The van der Waals surface area contributed by atoms with Crippen LogP contribution in [0.25, 0.3) is 0 Å². The highest BCUT2D eigenvalue weighted by Crippen LogP contribution is 2.49. The lowest BCUT2D eigenvalue weighted by Crippen LogP contribution is -2.22. The van der Waals surface area contributed by atoms with Gasteiger partial charge in [0, 0.05) is 24.3 Å². The number of rotatable bonds is 8. The quantitative estimate of drug-likeness (QED) is 0.300. The first-order valence-corrected chi connectivity index (χ1v) is 16.5. The Bertz CT molecular complexity index is 1160. The van der Waals surface area contributed by atoms with Gasteiger partial charge < -0.3 is 4.74 Å². The molecule has 0 atom stereocenters. The molecule has 2 aromatic rings. The summed E-state index contributed by atoms with van der Waals surface area (Å²) in [5.74, 6) is 1.55. The lowest BCUT2D eigenvalue weighted by atomic mass is 9.74. The van der Waals surface area contributed by atoms with Crippen molar-refractivity contribution in [2.75, 3.05) is 13.2 Å². The second kappa shape index (κ2) is 12.7. The molecule has 228 valence electrons. The third kappa shape index (κ3) is 6.39. The van der Waals surface area contributed by atoms with Gasteiger partial charge in [-0.25, -0.2) is 0 Å². The number of fused-ring (bicyclic) bond motifs is 2. The fraction of sp³-hybridized carbons (Fsp3) is 0.667. The van der Waals surface area contributed by atoms with Crippen LogP contribution in [0.4, 0.5) is 0 Å². The Kier molecular flexibility index (Phi) is 10.4. The molecule has 0 heterocycles. The van der Waals surface area contributed by atoms with Crippen LogP contribution < -0.4 is 0 Å². The van der Waals surface area contributed by atoms with E-state index in [1.807, 2.05) is 13.8 Å². The topological polar surface area (TPSA) is 26.3 Å². The van der Waals surface area contributed by atoms with Gasteiger partial charge in [-0.2, -0.15) is 0 Å². The van der Waals surface area contributed by atoms with Crippen molar-refractivity contribution in [3.63, 3.8) is 0 Å². The zero-order valence-electron chi connectivity index (χ0n) is 29.0. The van der Waals surface area contributed by atoms with E-state index in [4.69, 9.17) is 4.74 Å². The standard InChI is InChI=1S/C35H50O.C4H10O/c1-19(2)25-17-27-23(13-15-34(27,9)10)29(21(5)6)31(25)33(36)32-26(20(3)4)18-28-24(30(32)22(7)8)14-16-35(28,11)12;1-3-5-4-2/h17-22H,13-16H2,1-12H3;3-4H2,1-2H3. The van der Waals surface area contributed by atoms with Gasteiger partial charge in [-0.15, -0.1) is 0 Å². The first-order valence-electron chi connectivity index (χ1n) is 16.5. The summed E-state index contributed by atoms with van der Waals surface area (Å²) in [6, 6.07) is 4.85. The Hall–Kier alpha value is -1.93. The fourth-order valence-corrected chi connectivity index (χ4v) is 7.44. The van der Waals surface area contributed by atoms with Gasteiger partial charge in [0.25, 0.3) is 0 Å². The third-order valence-electron chi connectivity index (χ3n) is 9.74. The van der Waals surface area contributed by atoms with Crippen molar-refractivity contribution in [2.45, 2.75) is 157 Å². The Morgan fingerprint density at radius 1 is 0.659 bits per heavy atom. The molecule has 0 aromatic heterocycles. The molecule has 0 saturated heterocycles. The maximum absolute atomic E-state index is 15.1. The summed E-state index contributed by atoms with van der Waals surface area (Å²) >= 11 is 0. The maximum Gasteiger partial charge on any atom is 0.194 e. The number of carbonyl (C=O) groups is 1. The van der Waals surface area contributed by atoms with Gasteiger partial charge in [-0.1, -0.05) is 95.2 Å². The molecule has 0 aliphatic heterocycles. The lowest BCUT2D eigenvalue weighted by Gasteiger charge is -2.30. The van der Waals surface area contributed by atoms with Crippen molar-refractivity contribution in [1.82, 2.24) is 0 Å². The van der Waals surface area contributed by atoms with Crippen molar-refractivity contribution >= 4 is 5.78 Å². The van der Waals surface area contributed by atoms with Crippen LogP contribution in [0.15, 0.2) is 12.1 Å². The van der Waals surface area contributed by atoms with Gasteiger partial charge in [0.2, 0.25) is 0 Å². The molecule has 4 rings (SSSR count). The number of hydrogen-bond donors (Lipinski definition) is 0. The molecule has 0 N–H and O–H groups in total. The van der Waals surface area contributed by atoms with Gasteiger partial charge in [0.05, 0.1) is 0 Å². The van der Waals surface area contributed by atoms with E-state index in [1.165, 1.54) is 57.3 Å². The number of ether oxygens (including phenoxy) is 1. The summed E-state index contributed by atoms with van der Waals surface area (Å²) < 4.78 is 4.83. The zero-order valence-corrected chi connectivity index (χ0v) is 29.0. The van der Waals surface area contributed by atoms with Crippen molar-refractivity contribution < 1.29 is 9.53 Å². The Labute approximate surface area is 253 Å². The molecule has 0 spiro atoms. The summed E-state index contributed by atoms with van der Waals surface area (Å²) in [4.78, 5) is 15.1. The predicted octanol–water partition coefficient (Wildman–Crippen LogP) is 10.9. The van der Waals surface area contributed by atoms with Crippen LogP contribution in [0.3, 0.4) is 0 Å². The van der Waals surface area contributed by atoms with Crippen molar-refractivity contribution in [1.29, 1.82) is 0 Å². The SMILES string of the molecule is CC(C)c1cc2c(c(C(C)C)c1C(=O)c1c(C(C)C)cc3c(c1C(C)C)CCC3(C)C)CCC2(C)C.CCOCC. The molecular weight excluding hydrogens is 500 g/mol. The van der Waals surface area contributed by atoms with Crippen LogP contribution in [0.2, 0.25) is 0 Å². The van der Waals surface area contributed by atoms with Crippen LogP contribution >= 0.6 is 0 Å². The summed E-state index contributed by atoms with van der Waals surface area (Å²) in [5, 5.41) is 0. The van der Waals surface area contributed by atoms with Gasteiger partial charge in [0.15, 0.2) is 5.78 Å². The van der Waals surface area contributed by atoms with E-state index in [0.29, 0.717) is 23.7 Å². The van der Waals surface area contributed by atoms with Crippen molar-refractivity contribution in [3.05, 3.63) is 67.8 Å². The first kappa shape index (κ1) is 33.6. The van der Waals surface area contributed by atoms with Gasteiger partial charge >= 0.3 is 0 Å². The zero-order chi connectivity index (χ0) is 31.0. The van der Waals surface area contributed by atoms with E-state index >= 15 is 4.79 Å². The molecule has 2 heteroatoms. The first-order chi connectivity index (χ1) is 19.0. The minimum atomic E-state index is 0.176. The van der Waals surface area contributed by atoms with E-state index in [9.17, 15) is 0 Å². The van der Waals surface area contributed by atoms with Gasteiger partial charge in [0.1, 0.15) is 0 Å². The van der Waals surface area contributed by atoms with Gasteiger partial charge in [-0.3, -0.25) is 4.79 Å². The predicted molar refractivity (Wildman–Crippen MR) is 178 cm³/mol. The monoisotopic (exact) mass is 560 g/mol. The number of hydrogen-bond acceptors (Lipinski definition) is 2. The highest BCUT2D eigenvalue weighted by Gasteiger charge is 2.39. The van der Waals surface area contributed by atoms with Crippen molar-refractivity contribution in [3.8, 4) is 0 Å². The van der Waals surface area contributed by atoms with E-state index in [0.717, 1.165) is 37.2 Å². The Morgan fingerprint density at radius 3 is 1.24 bits per heavy atom. The highest BCUT2D eigenvalue weighted by atomic mass is 16.5. The highest BCUT2D eigenvalue weighted by molar-refractivity contribution is 6.13. The second-order valence-electron chi connectivity index (χ2n) is 15.1. The smallest absolute Gasteiger partial charge is 0.194 e. The molecule has 2 nitrogen and oxygen atoms in total. The summed E-state index contributed by atoms with van der Waals surface area (Å²) in [6.45, 7) is 33.4. The Morgan fingerprint density at radius 2 is 1.00 bits per heavy atom. The van der Waals surface area contributed by atoms with E-state index in [1.54, 1.807) is 0 Å². The van der Waals surface area contributed by atoms with E-state index in [2.05, 4.69) is 95.2 Å². The second-order valence-corrected chi connectivity index (χ2v) is 15.1. The molecule has 0 unspecified atom stereocenters. The normalized spacial score (nSPS) is 16.8. The molecule has 0 saturated carbocycles. The lowest BCUT2D eigenvalue weighted by molar-refractivity contribution is 0.103. The molecule has 0 amide bonds. The third-order valence-corrected chi connectivity index (χ3v) is 9.74. The molecule has 2 aliphatic carbocycles. The van der Waals surface area contributed by atoms with Crippen LogP contribution in [-0.2, 0) is 28.4 Å². The van der Waals surface area contributed by atoms with Crippen LogP contribution in [0.1, 0.15) is 194 Å². The van der Waals surface area contributed by atoms with Gasteiger partial charge in [-0.05, 0) is 119 Å². The van der Waals surface area contributed by atoms with Crippen LogP contribution in [0, 0.1) is 0 Å². The van der Waals surface area contributed by atoms with Crippen molar-refractivity contribution in [2.24, 2.45) is 0 Å². The minimum absolute atomic E-state index is 0.176. The molecule has 2 aliphatic rings. The Balaban J connectivity index is 0.000000850. The number of ketones is 1. The molecule has 2 aromatic carbocycles. The number of carbonyl (C=O) groups excluding carboxylic acids is 1. The molecule has 0 fully saturated rings.